The molecular weight excluding hydrogens is 172 g/mol. The van der Waals surface area contributed by atoms with Crippen LogP contribution >= 0.6 is 0 Å². The Morgan fingerprint density at radius 3 is 2.07 bits per heavy atom. The average Bonchev–Trinajstić information content (AvgIpc) is 2.18. The Morgan fingerprint density at radius 2 is 1.57 bits per heavy atom. The van der Waals surface area contributed by atoms with Gasteiger partial charge in [0, 0.05) is 0 Å². The first-order valence-corrected chi connectivity index (χ1v) is 5.43. The lowest BCUT2D eigenvalue weighted by atomic mass is 9.95. The van der Waals surface area contributed by atoms with Crippen LogP contribution in [0.25, 0.3) is 0 Å². The van der Waals surface area contributed by atoms with Crippen LogP contribution in [0.5, 0.6) is 0 Å². The van der Waals surface area contributed by atoms with E-state index in [0.29, 0.717) is 0 Å². The second-order valence-electron chi connectivity index (χ2n) is 3.51. The van der Waals surface area contributed by atoms with Gasteiger partial charge in [-0.15, -0.1) is 0 Å². The van der Waals surface area contributed by atoms with Gasteiger partial charge in [0.2, 0.25) is 0 Å². The highest BCUT2D eigenvalue weighted by molar-refractivity contribution is 5.35. The van der Waals surface area contributed by atoms with Crippen molar-refractivity contribution in [2.45, 2.75) is 46.5 Å². The van der Waals surface area contributed by atoms with Gasteiger partial charge in [0.25, 0.3) is 0 Å². The average molecular weight is 194 g/mol. The van der Waals surface area contributed by atoms with Crippen LogP contribution in [-0.2, 0) is 19.3 Å². The molecule has 0 fully saturated rings. The fourth-order valence-electron chi connectivity index (χ4n) is 1.98. The summed E-state index contributed by atoms with van der Waals surface area (Å²) < 4.78 is 0. The molecule has 1 rings (SSSR count). The maximum absolute atomic E-state index is 2.28. The molecule has 0 aliphatic heterocycles. The molecule has 0 atom stereocenters. The summed E-state index contributed by atoms with van der Waals surface area (Å²) in [6, 6.07) is 6.74. The fourth-order valence-corrected chi connectivity index (χ4v) is 1.98. The number of benzene rings is 1. The zero-order valence-electron chi connectivity index (χ0n) is 9.56. The van der Waals surface area contributed by atoms with Crippen molar-refractivity contribution in [3.63, 3.8) is 0 Å². The predicted molar refractivity (Wildman–Crippen MR) is 62.8 cm³/mol. The van der Waals surface area contributed by atoms with Crippen LogP contribution in [0.3, 0.4) is 0 Å². The van der Waals surface area contributed by atoms with E-state index in [1.54, 1.807) is 11.1 Å². The zero-order chi connectivity index (χ0) is 9.68. The van der Waals surface area contributed by atoms with Crippen molar-refractivity contribution in [2.24, 2.45) is 0 Å². The Labute approximate surface area is 87.5 Å². The summed E-state index contributed by atoms with van der Waals surface area (Å²) in [5.74, 6) is 0. The van der Waals surface area contributed by atoms with Crippen LogP contribution in [0.2, 0.25) is 0 Å². The Bertz CT molecular complexity index is 266. The molecule has 2 N–H and O–H groups in total. The summed E-state index contributed by atoms with van der Waals surface area (Å²) in [4.78, 5) is 0. The Kier molecular flexibility index (Phi) is 6.22. The van der Waals surface area contributed by atoms with Crippen LogP contribution in [0.1, 0.15) is 43.9 Å². The van der Waals surface area contributed by atoms with Crippen LogP contribution < -0.4 is 0 Å². The highest BCUT2D eigenvalue weighted by Gasteiger charge is 2.03. The van der Waals surface area contributed by atoms with E-state index in [1.807, 2.05) is 0 Å². The molecule has 0 aliphatic rings. The minimum atomic E-state index is 0. The molecule has 0 saturated carbocycles. The highest BCUT2D eigenvalue weighted by Crippen LogP contribution is 2.17. The maximum Gasteiger partial charge on any atom is -0.0279 e. The molecular formula is C13H22O. The number of hydrogen-bond acceptors (Lipinski definition) is 0. The second kappa shape index (κ2) is 6.61. The van der Waals surface area contributed by atoms with Gasteiger partial charge in [-0.3, -0.25) is 0 Å². The van der Waals surface area contributed by atoms with Crippen molar-refractivity contribution in [2.75, 3.05) is 0 Å². The molecule has 0 radical (unpaired) electrons. The summed E-state index contributed by atoms with van der Waals surface area (Å²) in [6.45, 7) is 6.75. The number of aryl methyl sites for hydroxylation is 2. The Balaban J connectivity index is 0.00000169. The van der Waals surface area contributed by atoms with Crippen molar-refractivity contribution < 1.29 is 5.48 Å². The lowest BCUT2D eigenvalue weighted by molar-refractivity contribution is 0.824. The van der Waals surface area contributed by atoms with E-state index in [4.69, 9.17) is 0 Å². The van der Waals surface area contributed by atoms with E-state index < -0.39 is 0 Å². The van der Waals surface area contributed by atoms with E-state index >= 15 is 0 Å². The van der Waals surface area contributed by atoms with Gasteiger partial charge in [-0.05, 0) is 36.0 Å². The monoisotopic (exact) mass is 194 g/mol. The van der Waals surface area contributed by atoms with Gasteiger partial charge in [0.1, 0.15) is 0 Å². The molecule has 0 amide bonds. The summed E-state index contributed by atoms with van der Waals surface area (Å²) in [7, 11) is 0. The van der Waals surface area contributed by atoms with Crippen LogP contribution in [0.4, 0.5) is 0 Å². The second-order valence-corrected chi connectivity index (χ2v) is 3.51. The standard InChI is InChI=1S/C13H20.H2O/c1-4-8-12-10-7-9-11(5-2)13(12)6-3;/h7,9-10H,4-6,8H2,1-3H3;1H2. The summed E-state index contributed by atoms with van der Waals surface area (Å²) >= 11 is 0. The third kappa shape index (κ3) is 2.85. The van der Waals surface area contributed by atoms with Gasteiger partial charge in [-0.25, -0.2) is 0 Å². The fraction of sp³-hybridized carbons (Fsp3) is 0.538. The van der Waals surface area contributed by atoms with E-state index in [-0.39, 0.29) is 5.48 Å². The van der Waals surface area contributed by atoms with Gasteiger partial charge < -0.3 is 5.48 Å². The van der Waals surface area contributed by atoms with Gasteiger partial charge in [0.05, 0.1) is 0 Å². The molecule has 1 aromatic rings. The third-order valence-corrected chi connectivity index (χ3v) is 2.62. The summed E-state index contributed by atoms with van der Waals surface area (Å²) in [5, 5.41) is 0. The first-order chi connectivity index (χ1) is 6.33. The van der Waals surface area contributed by atoms with Gasteiger partial charge >= 0.3 is 0 Å². The van der Waals surface area contributed by atoms with Crippen LogP contribution in [-0.4, -0.2) is 5.48 Å². The van der Waals surface area contributed by atoms with E-state index in [1.165, 1.54) is 31.2 Å². The van der Waals surface area contributed by atoms with Crippen molar-refractivity contribution in [1.29, 1.82) is 0 Å². The molecule has 0 saturated heterocycles. The first kappa shape index (κ1) is 13.2. The normalized spacial score (nSPS) is 9.64. The highest BCUT2D eigenvalue weighted by atomic mass is 16.0. The van der Waals surface area contributed by atoms with Crippen LogP contribution in [0, 0.1) is 0 Å². The lowest BCUT2D eigenvalue weighted by Crippen LogP contribution is -1.97. The van der Waals surface area contributed by atoms with Gasteiger partial charge in [-0.1, -0.05) is 45.4 Å². The Hall–Kier alpha value is -0.820. The zero-order valence-corrected chi connectivity index (χ0v) is 9.56. The van der Waals surface area contributed by atoms with Crippen molar-refractivity contribution in [3.8, 4) is 0 Å². The predicted octanol–water partition coefficient (Wildman–Crippen LogP) is 2.94. The minimum Gasteiger partial charge on any atom is -0.412 e. The van der Waals surface area contributed by atoms with Crippen molar-refractivity contribution in [1.82, 2.24) is 0 Å². The molecule has 0 unspecified atom stereocenters. The molecule has 1 heteroatoms. The quantitative estimate of drug-likeness (QED) is 0.706. The smallest absolute Gasteiger partial charge is 0.0279 e. The molecule has 1 nitrogen and oxygen atoms in total. The van der Waals surface area contributed by atoms with Crippen molar-refractivity contribution >= 4 is 0 Å². The largest absolute Gasteiger partial charge is 0.412 e. The first-order valence-electron chi connectivity index (χ1n) is 5.43. The van der Waals surface area contributed by atoms with Gasteiger partial charge in [0.15, 0.2) is 0 Å². The number of rotatable bonds is 4. The van der Waals surface area contributed by atoms with E-state index in [0.717, 1.165) is 0 Å². The van der Waals surface area contributed by atoms with Crippen molar-refractivity contribution in [3.05, 3.63) is 34.9 Å². The summed E-state index contributed by atoms with van der Waals surface area (Å²) in [6.07, 6.45) is 4.83. The minimum absolute atomic E-state index is 0. The molecule has 0 spiro atoms. The molecule has 0 bridgehead atoms. The van der Waals surface area contributed by atoms with E-state index in [9.17, 15) is 0 Å². The topological polar surface area (TPSA) is 31.5 Å². The molecule has 0 aromatic heterocycles. The lowest BCUT2D eigenvalue weighted by Gasteiger charge is -2.11. The van der Waals surface area contributed by atoms with E-state index in [2.05, 4.69) is 39.0 Å². The third-order valence-electron chi connectivity index (χ3n) is 2.62. The molecule has 0 aliphatic carbocycles. The number of hydrogen-bond donors (Lipinski definition) is 0. The summed E-state index contributed by atoms with van der Waals surface area (Å²) in [5.41, 5.74) is 4.68. The molecule has 1 aromatic carbocycles. The molecule has 14 heavy (non-hydrogen) atoms. The SMILES string of the molecule is CCCc1cccc(CC)c1CC.O. The Morgan fingerprint density at radius 1 is 0.929 bits per heavy atom. The maximum atomic E-state index is 2.28. The molecule has 80 valence electrons. The molecule has 0 heterocycles. The van der Waals surface area contributed by atoms with Crippen LogP contribution in [0.15, 0.2) is 18.2 Å². The van der Waals surface area contributed by atoms with Gasteiger partial charge in [-0.2, -0.15) is 0 Å².